The summed E-state index contributed by atoms with van der Waals surface area (Å²) in [6.07, 6.45) is 9.24. The Labute approximate surface area is 187 Å². The van der Waals surface area contributed by atoms with Gasteiger partial charge in [-0.05, 0) is 69.1 Å². The van der Waals surface area contributed by atoms with E-state index in [0.29, 0.717) is 23.0 Å². The molecule has 0 saturated carbocycles. The summed E-state index contributed by atoms with van der Waals surface area (Å²) in [4.78, 5) is 33.1. The van der Waals surface area contributed by atoms with Crippen molar-refractivity contribution in [2.24, 2.45) is 0 Å². The van der Waals surface area contributed by atoms with Gasteiger partial charge in [0, 0.05) is 25.1 Å². The number of hydrogen-bond donors (Lipinski definition) is 1. The Morgan fingerprint density at radius 2 is 1.88 bits per heavy atom. The normalized spacial score (nSPS) is 18.1. The largest absolute Gasteiger partial charge is 0.468 e. The SMILES string of the molecule is O=C(NCC(c1ccco1)N1CCCCC1)c1ccc2c(=O)n3c(nc2c1)CCCCC3. The van der Waals surface area contributed by atoms with Gasteiger partial charge in [-0.25, -0.2) is 4.98 Å². The second-order valence-electron chi connectivity index (χ2n) is 8.87. The summed E-state index contributed by atoms with van der Waals surface area (Å²) in [7, 11) is 0. The Hall–Kier alpha value is -2.93. The van der Waals surface area contributed by atoms with Gasteiger partial charge in [0.2, 0.25) is 0 Å². The highest BCUT2D eigenvalue weighted by Gasteiger charge is 2.25. The fourth-order valence-corrected chi connectivity index (χ4v) is 4.97. The van der Waals surface area contributed by atoms with Crippen LogP contribution in [0.15, 0.2) is 45.8 Å². The number of amides is 1. The average Bonchev–Trinajstić information content (AvgIpc) is 3.25. The molecule has 168 valence electrons. The van der Waals surface area contributed by atoms with E-state index in [1.165, 1.54) is 19.3 Å². The van der Waals surface area contributed by atoms with Crippen LogP contribution in [0.4, 0.5) is 0 Å². The second kappa shape index (κ2) is 9.28. The van der Waals surface area contributed by atoms with Gasteiger partial charge in [-0.15, -0.1) is 0 Å². The van der Waals surface area contributed by atoms with E-state index in [-0.39, 0.29) is 17.5 Å². The minimum atomic E-state index is -0.155. The van der Waals surface area contributed by atoms with Gasteiger partial charge >= 0.3 is 0 Å². The molecule has 0 spiro atoms. The Kier molecular flexibility index (Phi) is 6.08. The van der Waals surface area contributed by atoms with Crippen LogP contribution in [0.1, 0.15) is 66.5 Å². The molecule has 1 saturated heterocycles. The van der Waals surface area contributed by atoms with Crippen molar-refractivity contribution in [2.45, 2.75) is 57.5 Å². The number of likely N-dealkylation sites (tertiary alicyclic amines) is 1. The maximum Gasteiger partial charge on any atom is 0.261 e. The quantitative estimate of drug-likeness (QED) is 0.663. The standard InChI is InChI=1S/C25H30N4O3/c30-24(26-17-21(22-8-7-15-32-22)28-12-4-2-5-13-28)18-10-11-19-20(16-18)27-23-9-3-1-6-14-29(23)25(19)31/h7-8,10-11,15-16,21H,1-6,9,12-14,17H2,(H,26,30). The van der Waals surface area contributed by atoms with E-state index >= 15 is 0 Å². The monoisotopic (exact) mass is 434 g/mol. The molecule has 32 heavy (non-hydrogen) atoms. The number of hydrogen-bond acceptors (Lipinski definition) is 5. The Balaban J connectivity index is 1.36. The van der Waals surface area contributed by atoms with E-state index in [2.05, 4.69) is 10.2 Å². The number of piperidine rings is 1. The zero-order valence-corrected chi connectivity index (χ0v) is 18.4. The van der Waals surface area contributed by atoms with Crippen LogP contribution in [0.5, 0.6) is 0 Å². The molecule has 1 aromatic carbocycles. The number of benzene rings is 1. The first-order chi connectivity index (χ1) is 15.7. The molecule has 7 heteroatoms. The van der Waals surface area contributed by atoms with E-state index < -0.39 is 0 Å². The summed E-state index contributed by atoms with van der Waals surface area (Å²) >= 11 is 0. The summed E-state index contributed by atoms with van der Waals surface area (Å²) < 4.78 is 7.49. The number of carbonyl (C=O) groups excluding carboxylic acids is 1. The van der Waals surface area contributed by atoms with Gasteiger partial charge in [0.15, 0.2) is 0 Å². The number of carbonyl (C=O) groups is 1. The summed E-state index contributed by atoms with van der Waals surface area (Å²) in [5.74, 6) is 1.56. The van der Waals surface area contributed by atoms with Crippen molar-refractivity contribution in [3.8, 4) is 0 Å². The predicted molar refractivity (Wildman–Crippen MR) is 123 cm³/mol. The van der Waals surface area contributed by atoms with Crippen LogP contribution in [0, 0.1) is 0 Å². The topological polar surface area (TPSA) is 80.4 Å². The Morgan fingerprint density at radius 1 is 1.06 bits per heavy atom. The van der Waals surface area contributed by atoms with Gasteiger partial charge in [0.1, 0.15) is 11.6 Å². The van der Waals surface area contributed by atoms with E-state index in [1.54, 1.807) is 24.5 Å². The molecule has 1 N–H and O–H groups in total. The third-order valence-electron chi connectivity index (χ3n) is 6.74. The average molecular weight is 435 g/mol. The van der Waals surface area contributed by atoms with Crippen molar-refractivity contribution in [1.29, 1.82) is 0 Å². The molecule has 1 fully saturated rings. The molecular weight excluding hydrogens is 404 g/mol. The van der Waals surface area contributed by atoms with Crippen molar-refractivity contribution in [1.82, 2.24) is 19.8 Å². The molecule has 0 bridgehead atoms. The molecule has 1 atom stereocenters. The lowest BCUT2D eigenvalue weighted by Gasteiger charge is -2.33. The summed E-state index contributed by atoms with van der Waals surface area (Å²) in [5, 5.41) is 3.66. The molecule has 7 nitrogen and oxygen atoms in total. The molecule has 1 unspecified atom stereocenters. The number of fused-ring (bicyclic) bond motifs is 2. The fraction of sp³-hybridized carbons (Fsp3) is 0.480. The van der Waals surface area contributed by atoms with Crippen molar-refractivity contribution in [2.75, 3.05) is 19.6 Å². The first-order valence-corrected chi connectivity index (χ1v) is 11.8. The summed E-state index contributed by atoms with van der Waals surface area (Å²) in [6, 6.07) is 9.11. The molecule has 1 amide bonds. The lowest BCUT2D eigenvalue weighted by Crippen LogP contribution is -2.40. The van der Waals surface area contributed by atoms with E-state index in [0.717, 1.165) is 56.9 Å². The van der Waals surface area contributed by atoms with Gasteiger partial charge in [-0.1, -0.05) is 12.8 Å². The molecule has 3 aromatic rings. The molecular formula is C25H30N4O3. The minimum Gasteiger partial charge on any atom is -0.468 e. The third-order valence-corrected chi connectivity index (χ3v) is 6.74. The smallest absolute Gasteiger partial charge is 0.261 e. The molecule has 4 heterocycles. The van der Waals surface area contributed by atoms with Gasteiger partial charge < -0.3 is 9.73 Å². The highest BCUT2D eigenvalue weighted by Crippen LogP contribution is 2.25. The minimum absolute atomic E-state index is 0.00170. The lowest BCUT2D eigenvalue weighted by molar-refractivity contribution is 0.0914. The van der Waals surface area contributed by atoms with Crippen LogP contribution < -0.4 is 10.9 Å². The number of nitrogens with zero attached hydrogens (tertiary/aromatic N) is 3. The maximum absolute atomic E-state index is 13.0. The highest BCUT2D eigenvalue weighted by molar-refractivity contribution is 5.97. The summed E-state index contributed by atoms with van der Waals surface area (Å²) in [6.45, 7) is 3.22. The summed E-state index contributed by atoms with van der Waals surface area (Å²) in [5.41, 5.74) is 1.14. The molecule has 2 aliphatic heterocycles. The van der Waals surface area contributed by atoms with Gasteiger partial charge in [0.05, 0.1) is 23.2 Å². The third kappa shape index (κ3) is 4.21. The molecule has 0 aliphatic carbocycles. The highest BCUT2D eigenvalue weighted by atomic mass is 16.3. The fourth-order valence-electron chi connectivity index (χ4n) is 4.97. The van der Waals surface area contributed by atoms with Crippen molar-refractivity contribution < 1.29 is 9.21 Å². The van der Waals surface area contributed by atoms with E-state index in [1.807, 2.05) is 16.7 Å². The molecule has 2 aliphatic rings. The first kappa shape index (κ1) is 20.9. The zero-order chi connectivity index (χ0) is 21.9. The van der Waals surface area contributed by atoms with Crippen LogP contribution in [-0.2, 0) is 13.0 Å². The van der Waals surface area contributed by atoms with E-state index in [9.17, 15) is 9.59 Å². The Morgan fingerprint density at radius 3 is 2.69 bits per heavy atom. The van der Waals surface area contributed by atoms with Crippen LogP contribution in [0.25, 0.3) is 10.9 Å². The van der Waals surface area contributed by atoms with Crippen molar-refractivity contribution in [3.63, 3.8) is 0 Å². The van der Waals surface area contributed by atoms with Crippen molar-refractivity contribution in [3.05, 3.63) is 64.1 Å². The number of aromatic nitrogens is 2. The van der Waals surface area contributed by atoms with E-state index in [4.69, 9.17) is 9.40 Å². The first-order valence-electron chi connectivity index (χ1n) is 11.8. The Bertz CT molecular complexity index is 1150. The van der Waals surface area contributed by atoms with Gasteiger partial charge in [0.25, 0.3) is 11.5 Å². The lowest BCUT2D eigenvalue weighted by atomic mass is 10.1. The zero-order valence-electron chi connectivity index (χ0n) is 18.4. The number of rotatable bonds is 5. The number of aryl methyl sites for hydroxylation is 1. The second-order valence-corrected chi connectivity index (χ2v) is 8.87. The molecule has 2 aromatic heterocycles. The van der Waals surface area contributed by atoms with Crippen LogP contribution in [0.3, 0.4) is 0 Å². The maximum atomic E-state index is 13.0. The molecule has 5 rings (SSSR count). The van der Waals surface area contributed by atoms with Gasteiger partial charge in [-0.3, -0.25) is 19.1 Å². The predicted octanol–water partition coefficient (Wildman–Crippen LogP) is 3.67. The number of nitrogens with one attached hydrogen (secondary N) is 1. The van der Waals surface area contributed by atoms with Crippen molar-refractivity contribution >= 4 is 16.8 Å². The number of furan rings is 1. The van der Waals surface area contributed by atoms with Crippen LogP contribution >= 0.6 is 0 Å². The van der Waals surface area contributed by atoms with Crippen LogP contribution in [0.2, 0.25) is 0 Å². The van der Waals surface area contributed by atoms with Crippen LogP contribution in [-0.4, -0.2) is 40.0 Å². The van der Waals surface area contributed by atoms with Gasteiger partial charge in [-0.2, -0.15) is 0 Å². The molecule has 0 radical (unpaired) electrons.